The van der Waals surface area contributed by atoms with E-state index in [1.165, 1.54) is 57.0 Å². The molecule has 0 aromatic heterocycles. The van der Waals surface area contributed by atoms with Crippen molar-refractivity contribution in [2.24, 2.45) is 0 Å². The first-order valence-corrected chi connectivity index (χ1v) is 12.4. The molecule has 136 valence electrons. The Morgan fingerprint density at radius 3 is 1.96 bits per heavy atom. The van der Waals surface area contributed by atoms with Crippen molar-refractivity contribution < 1.29 is 9.53 Å². The van der Waals surface area contributed by atoms with Crippen LogP contribution >= 0.6 is 0 Å². The maximum atomic E-state index is 11.4. The molecule has 1 aromatic carbocycles. The number of anilines is 1. The number of benzene rings is 1. The van der Waals surface area contributed by atoms with Gasteiger partial charge in [0.25, 0.3) is 0 Å². The molecule has 0 heterocycles. The van der Waals surface area contributed by atoms with Gasteiger partial charge in [0.05, 0.1) is 20.7 Å². The molecule has 0 fully saturated rings. The number of carbonyl (C=O) groups is 1. The molecule has 24 heavy (non-hydrogen) atoms. The second kappa shape index (κ2) is 11.3. The molecular formula is C20H35NO2Si. The van der Waals surface area contributed by atoms with E-state index in [2.05, 4.69) is 26.1 Å². The molecule has 0 aliphatic rings. The number of methoxy groups -OCH3 is 1. The van der Waals surface area contributed by atoms with Crippen molar-refractivity contribution in [1.82, 2.24) is 0 Å². The molecule has 0 bridgehead atoms. The maximum Gasteiger partial charge on any atom is 0.337 e. The third kappa shape index (κ3) is 6.68. The fraction of sp³-hybridized carbons (Fsp3) is 0.650. The Labute approximate surface area is 149 Å². The molecule has 0 unspecified atom stereocenters. The predicted molar refractivity (Wildman–Crippen MR) is 107 cm³/mol. The summed E-state index contributed by atoms with van der Waals surface area (Å²) in [6.45, 7) is 8.04. The quantitative estimate of drug-likeness (QED) is 0.288. The first-order valence-electron chi connectivity index (χ1n) is 9.53. The van der Waals surface area contributed by atoms with E-state index in [0.29, 0.717) is 5.56 Å². The van der Waals surface area contributed by atoms with Crippen LogP contribution in [-0.4, -0.2) is 27.7 Å². The molecule has 4 heteroatoms. The highest BCUT2D eigenvalue weighted by molar-refractivity contribution is 6.79. The van der Waals surface area contributed by atoms with E-state index in [1.807, 2.05) is 24.3 Å². The zero-order chi connectivity index (χ0) is 17.8. The number of ether oxygens (including phenoxy) is 1. The zero-order valence-electron chi connectivity index (χ0n) is 16.0. The van der Waals surface area contributed by atoms with E-state index >= 15 is 0 Å². The van der Waals surface area contributed by atoms with E-state index in [4.69, 9.17) is 4.74 Å². The fourth-order valence-corrected chi connectivity index (χ4v) is 9.49. The van der Waals surface area contributed by atoms with Crippen LogP contribution in [0.15, 0.2) is 24.3 Å². The van der Waals surface area contributed by atoms with Gasteiger partial charge in [0.2, 0.25) is 0 Å². The second-order valence-corrected chi connectivity index (χ2v) is 11.8. The number of esters is 1. The number of nitrogens with one attached hydrogen (secondary N) is 1. The SMILES string of the molecule is CCC[Si](CCC)(CCC)CCCNc1ccc(C(=O)OC)cc1. The summed E-state index contributed by atoms with van der Waals surface area (Å²) >= 11 is 0. The largest absolute Gasteiger partial charge is 0.465 e. The van der Waals surface area contributed by atoms with Crippen LogP contribution in [0.1, 0.15) is 56.8 Å². The molecule has 0 aliphatic heterocycles. The maximum absolute atomic E-state index is 11.4. The summed E-state index contributed by atoms with van der Waals surface area (Å²) in [6.07, 6.45) is 5.28. The highest BCUT2D eigenvalue weighted by atomic mass is 28.3. The minimum atomic E-state index is -1.06. The van der Waals surface area contributed by atoms with E-state index < -0.39 is 8.07 Å². The Hall–Kier alpha value is -1.29. The number of rotatable bonds is 12. The van der Waals surface area contributed by atoms with Crippen molar-refractivity contribution in [3.05, 3.63) is 29.8 Å². The average Bonchev–Trinajstić information content (AvgIpc) is 2.59. The molecule has 0 aliphatic carbocycles. The first-order chi connectivity index (χ1) is 11.6. The molecule has 0 atom stereocenters. The van der Waals surface area contributed by atoms with Gasteiger partial charge in [-0.15, -0.1) is 0 Å². The zero-order valence-corrected chi connectivity index (χ0v) is 17.0. The third-order valence-electron chi connectivity index (χ3n) is 4.86. The average molecular weight is 350 g/mol. The van der Waals surface area contributed by atoms with Crippen LogP contribution in [0, 0.1) is 0 Å². The summed E-state index contributed by atoms with van der Waals surface area (Å²) in [4.78, 5) is 11.4. The van der Waals surface area contributed by atoms with Gasteiger partial charge in [0, 0.05) is 12.2 Å². The summed E-state index contributed by atoms with van der Waals surface area (Å²) in [5, 5.41) is 3.50. The van der Waals surface area contributed by atoms with Gasteiger partial charge in [-0.2, -0.15) is 0 Å². The molecule has 1 N–H and O–H groups in total. The summed E-state index contributed by atoms with van der Waals surface area (Å²) < 4.78 is 4.73. The van der Waals surface area contributed by atoms with Crippen molar-refractivity contribution in [2.45, 2.75) is 70.6 Å². The number of hydrogen-bond acceptors (Lipinski definition) is 3. The van der Waals surface area contributed by atoms with Gasteiger partial charge in [-0.25, -0.2) is 4.79 Å². The predicted octanol–water partition coefficient (Wildman–Crippen LogP) is 5.95. The van der Waals surface area contributed by atoms with Gasteiger partial charge in [0.1, 0.15) is 0 Å². The topological polar surface area (TPSA) is 38.3 Å². The minimum Gasteiger partial charge on any atom is -0.465 e. The standard InChI is InChI=1S/C20H35NO2Si/c1-5-14-24(15-6-2,16-7-3)17-8-13-21-19-11-9-18(10-12-19)20(22)23-4/h9-12,21H,5-8,13-17H2,1-4H3. The van der Waals surface area contributed by atoms with Crippen molar-refractivity contribution in [3.63, 3.8) is 0 Å². The highest BCUT2D eigenvalue weighted by Crippen LogP contribution is 2.31. The van der Waals surface area contributed by atoms with E-state index in [-0.39, 0.29) is 5.97 Å². The molecular weight excluding hydrogens is 314 g/mol. The van der Waals surface area contributed by atoms with Gasteiger partial charge in [-0.05, 0) is 30.7 Å². The summed E-state index contributed by atoms with van der Waals surface area (Å²) in [5.74, 6) is -0.281. The molecule has 0 saturated heterocycles. The monoisotopic (exact) mass is 349 g/mol. The molecule has 3 nitrogen and oxygen atoms in total. The van der Waals surface area contributed by atoms with Crippen molar-refractivity contribution in [1.29, 1.82) is 0 Å². The lowest BCUT2D eigenvalue weighted by atomic mass is 10.2. The van der Waals surface area contributed by atoms with Crippen LogP contribution in [0.25, 0.3) is 0 Å². The Morgan fingerprint density at radius 1 is 0.958 bits per heavy atom. The fourth-order valence-electron chi connectivity index (χ4n) is 3.88. The van der Waals surface area contributed by atoms with Crippen molar-refractivity contribution in [2.75, 3.05) is 19.0 Å². The first kappa shape index (κ1) is 20.8. The molecule has 0 saturated carbocycles. The molecule has 0 amide bonds. The van der Waals surface area contributed by atoms with Gasteiger partial charge in [-0.3, -0.25) is 0 Å². The number of carbonyl (C=O) groups excluding carboxylic acids is 1. The van der Waals surface area contributed by atoms with E-state index in [9.17, 15) is 4.79 Å². The normalized spacial score (nSPS) is 11.3. The van der Waals surface area contributed by atoms with Crippen LogP contribution in [-0.2, 0) is 4.74 Å². The van der Waals surface area contributed by atoms with Crippen LogP contribution in [0.2, 0.25) is 24.2 Å². The van der Waals surface area contributed by atoms with E-state index in [1.54, 1.807) is 0 Å². The van der Waals surface area contributed by atoms with Crippen LogP contribution < -0.4 is 5.32 Å². The lowest BCUT2D eigenvalue weighted by molar-refractivity contribution is 0.0601. The Bertz CT molecular complexity index is 456. The van der Waals surface area contributed by atoms with Crippen LogP contribution in [0.5, 0.6) is 0 Å². The lowest BCUT2D eigenvalue weighted by Gasteiger charge is -2.31. The minimum absolute atomic E-state index is 0.281. The van der Waals surface area contributed by atoms with Crippen molar-refractivity contribution in [3.8, 4) is 0 Å². The van der Waals surface area contributed by atoms with E-state index in [0.717, 1.165) is 12.2 Å². The Morgan fingerprint density at radius 2 is 1.50 bits per heavy atom. The lowest BCUT2D eigenvalue weighted by Crippen LogP contribution is -2.33. The smallest absolute Gasteiger partial charge is 0.337 e. The van der Waals surface area contributed by atoms with Gasteiger partial charge >= 0.3 is 5.97 Å². The summed E-state index contributed by atoms with van der Waals surface area (Å²) in [5.41, 5.74) is 1.68. The summed E-state index contributed by atoms with van der Waals surface area (Å²) in [6, 6.07) is 13.5. The molecule has 0 spiro atoms. The molecule has 1 aromatic rings. The molecule has 1 rings (SSSR count). The van der Waals surface area contributed by atoms with Gasteiger partial charge < -0.3 is 10.1 Å². The van der Waals surface area contributed by atoms with Gasteiger partial charge in [-0.1, -0.05) is 64.2 Å². The van der Waals surface area contributed by atoms with Gasteiger partial charge in [0.15, 0.2) is 0 Å². The third-order valence-corrected chi connectivity index (χ3v) is 11.0. The van der Waals surface area contributed by atoms with Crippen molar-refractivity contribution >= 4 is 19.7 Å². The second-order valence-electron chi connectivity index (χ2n) is 6.85. The van der Waals surface area contributed by atoms with Crippen LogP contribution in [0.4, 0.5) is 5.69 Å². The highest BCUT2D eigenvalue weighted by Gasteiger charge is 2.28. The Kier molecular flexibility index (Phi) is 9.77. The Balaban J connectivity index is 2.48. The molecule has 0 radical (unpaired) electrons. The number of hydrogen-bond donors (Lipinski definition) is 1. The summed E-state index contributed by atoms with van der Waals surface area (Å²) in [7, 11) is 0.347. The van der Waals surface area contributed by atoms with Crippen LogP contribution in [0.3, 0.4) is 0 Å².